The molecule has 0 aliphatic heterocycles. The molecule has 2 nitrogen and oxygen atoms in total. The largest absolute Gasteiger partial charge is 0.393 e. The summed E-state index contributed by atoms with van der Waals surface area (Å²) in [6.07, 6.45) is 12.1. The molecule has 104 valence electrons. The highest BCUT2D eigenvalue weighted by Gasteiger charge is 1.90. The van der Waals surface area contributed by atoms with Crippen molar-refractivity contribution >= 4 is 15.9 Å². The minimum Gasteiger partial charge on any atom is -0.393 e. The SMILES string of the molecule is OCC(O)C#CC#CC=CCCCCCCC=CBr. The molecule has 0 aliphatic carbocycles. The lowest BCUT2D eigenvalue weighted by Gasteiger charge is -1.95. The molecule has 0 aliphatic rings. The molecule has 0 heterocycles. The molecule has 0 spiro atoms. The third kappa shape index (κ3) is 14.9. The Labute approximate surface area is 124 Å². The lowest BCUT2D eigenvalue weighted by molar-refractivity contribution is 0.138. The molecule has 0 rings (SSSR count). The molecule has 0 saturated heterocycles. The fourth-order valence-corrected chi connectivity index (χ4v) is 1.59. The van der Waals surface area contributed by atoms with Crippen LogP contribution in [-0.2, 0) is 0 Å². The summed E-state index contributed by atoms with van der Waals surface area (Å²) in [5.41, 5.74) is 0. The van der Waals surface area contributed by atoms with E-state index in [1.807, 2.05) is 11.1 Å². The van der Waals surface area contributed by atoms with Gasteiger partial charge in [0.05, 0.1) is 6.61 Å². The quantitative estimate of drug-likeness (QED) is 0.532. The molecule has 19 heavy (non-hydrogen) atoms. The van der Waals surface area contributed by atoms with Crippen LogP contribution in [0.3, 0.4) is 0 Å². The minimum absolute atomic E-state index is 0.351. The van der Waals surface area contributed by atoms with Crippen molar-refractivity contribution in [1.82, 2.24) is 0 Å². The molecule has 0 saturated carbocycles. The molecular weight excluding hydrogens is 304 g/mol. The Morgan fingerprint density at radius 1 is 1.00 bits per heavy atom. The average molecular weight is 325 g/mol. The number of halogens is 1. The Kier molecular flexibility index (Phi) is 14.3. The fraction of sp³-hybridized carbons (Fsp3) is 0.500. The van der Waals surface area contributed by atoms with Crippen LogP contribution >= 0.6 is 15.9 Å². The number of hydrogen-bond donors (Lipinski definition) is 2. The van der Waals surface area contributed by atoms with E-state index in [4.69, 9.17) is 10.2 Å². The molecule has 1 unspecified atom stereocenters. The zero-order valence-corrected chi connectivity index (χ0v) is 12.7. The molecule has 0 radical (unpaired) electrons. The van der Waals surface area contributed by atoms with Crippen LogP contribution in [0, 0.1) is 23.7 Å². The molecule has 0 fully saturated rings. The second-order valence-electron chi connectivity index (χ2n) is 3.99. The van der Waals surface area contributed by atoms with Crippen molar-refractivity contribution in [2.45, 2.75) is 44.6 Å². The van der Waals surface area contributed by atoms with Gasteiger partial charge in [0.25, 0.3) is 0 Å². The molecule has 0 aromatic heterocycles. The third-order valence-electron chi connectivity index (χ3n) is 2.33. The number of aliphatic hydroxyl groups excluding tert-OH is 2. The second-order valence-corrected chi connectivity index (χ2v) is 4.52. The van der Waals surface area contributed by atoms with E-state index < -0.39 is 6.10 Å². The summed E-state index contributed by atoms with van der Waals surface area (Å²) in [6.45, 7) is -0.351. The first-order valence-electron chi connectivity index (χ1n) is 6.51. The first-order valence-corrected chi connectivity index (χ1v) is 7.43. The van der Waals surface area contributed by atoms with E-state index in [1.165, 1.54) is 25.7 Å². The van der Waals surface area contributed by atoms with Gasteiger partial charge in [-0.05, 0) is 48.6 Å². The van der Waals surface area contributed by atoms with E-state index in [2.05, 4.69) is 45.7 Å². The van der Waals surface area contributed by atoms with Crippen LogP contribution in [0.4, 0.5) is 0 Å². The summed E-state index contributed by atoms with van der Waals surface area (Å²) < 4.78 is 0. The highest BCUT2D eigenvalue weighted by atomic mass is 79.9. The Balaban J connectivity index is 3.48. The Hall–Kier alpha value is -1.000. The van der Waals surface area contributed by atoms with Crippen molar-refractivity contribution < 1.29 is 10.2 Å². The standard InChI is InChI=1S/C16H21BrO2/c17-14-12-10-8-6-4-2-1-3-5-7-9-11-13-16(19)15-18/h3,5,12,14,16,18-19H,1-2,4,6,8,10,15H2. The van der Waals surface area contributed by atoms with E-state index in [0.29, 0.717) is 0 Å². The second kappa shape index (κ2) is 15.1. The molecular formula is C16H21BrO2. The lowest BCUT2D eigenvalue weighted by Crippen LogP contribution is -2.07. The average Bonchev–Trinajstić information content (AvgIpc) is 2.43. The molecule has 0 aromatic carbocycles. The maximum Gasteiger partial charge on any atom is 0.138 e. The molecule has 2 N–H and O–H groups in total. The third-order valence-corrected chi connectivity index (χ3v) is 2.70. The van der Waals surface area contributed by atoms with Gasteiger partial charge in [0.1, 0.15) is 6.10 Å². The monoisotopic (exact) mass is 324 g/mol. The van der Waals surface area contributed by atoms with Crippen molar-refractivity contribution in [3.8, 4) is 23.7 Å². The van der Waals surface area contributed by atoms with Gasteiger partial charge < -0.3 is 10.2 Å². The van der Waals surface area contributed by atoms with Gasteiger partial charge in [-0.15, -0.1) is 0 Å². The molecule has 0 bridgehead atoms. The fourth-order valence-electron chi connectivity index (χ4n) is 1.33. The predicted octanol–water partition coefficient (Wildman–Crippen LogP) is 3.15. The topological polar surface area (TPSA) is 40.5 Å². The number of allylic oxidation sites excluding steroid dienone is 3. The maximum absolute atomic E-state index is 8.92. The highest BCUT2D eigenvalue weighted by Crippen LogP contribution is 2.06. The van der Waals surface area contributed by atoms with Gasteiger partial charge in [0.15, 0.2) is 0 Å². The zero-order valence-electron chi connectivity index (χ0n) is 11.1. The van der Waals surface area contributed by atoms with Crippen molar-refractivity contribution in [2.24, 2.45) is 0 Å². The van der Waals surface area contributed by atoms with Crippen molar-refractivity contribution in [3.63, 3.8) is 0 Å². The molecule has 0 amide bonds. The first-order chi connectivity index (χ1) is 9.31. The van der Waals surface area contributed by atoms with Gasteiger partial charge in [-0.3, -0.25) is 0 Å². The predicted molar refractivity (Wildman–Crippen MR) is 83.6 cm³/mol. The number of rotatable bonds is 8. The summed E-state index contributed by atoms with van der Waals surface area (Å²) in [6, 6.07) is 0. The number of aliphatic hydroxyl groups is 2. The van der Waals surface area contributed by atoms with Gasteiger partial charge in [0, 0.05) is 0 Å². The zero-order chi connectivity index (χ0) is 14.2. The van der Waals surface area contributed by atoms with Gasteiger partial charge in [-0.2, -0.15) is 0 Å². The van der Waals surface area contributed by atoms with E-state index in [1.54, 1.807) is 6.08 Å². The van der Waals surface area contributed by atoms with Crippen LogP contribution in [0.5, 0.6) is 0 Å². The maximum atomic E-state index is 8.92. The summed E-state index contributed by atoms with van der Waals surface area (Å²) in [7, 11) is 0. The van der Waals surface area contributed by atoms with Crippen LogP contribution in [0.1, 0.15) is 38.5 Å². The van der Waals surface area contributed by atoms with Crippen LogP contribution < -0.4 is 0 Å². The molecule has 0 aromatic rings. The Morgan fingerprint density at radius 2 is 1.68 bits per heavy atom. The van der Waals surface area contributed by atoms with Crippen molar-refractivity contribution in [1.29, 1.82) is 0 Å². The van der Waals surface area contributed by atoms with E-state index in [9.17, 15) is 0 Å². The highest BCUT2D eigenvalue weighted by molar-refractivity contribution is 9.11. The van der Waals surface area contributed by atoms with Crippen LogP contribution in [-0.4, -0.2) is 22.9 Å². The summed E-state index contributed by atoms with van der Waals surface area (Å²) in [5, 5.41) is 17.4. The first kappa shape index (κ1) is 18.0. The molecule has 1 atom stereocenters. The van der Waals surface area contributed by atoms with E-state index in [0.717, 1.165) is 12.8 Å². The van der Waals surface area contributed by atoms with E-state index in [-0.39, 0.29) is 6.61 Å². The summed E-state index contributed by atoms with van der Waals surface area (Å²) in [5.74, 6) is 10.3. The number of hydrogen-bond acceptors (Lipinski definition) is 2. The molecule has 3 heteroatoms. The Morgan fingerprint density at radius 3 is 2.32 bits per heavy atom. The van der Waals surface area contributed by atoms with Gasteiger partial charge in [0.2, 0.25) is 0 Å². The summed E-state index contributed by atoms with van der Waals surface area (Å²) >= 11 is 3.25. The summed E-state index contributed by atoms with van der Waals surface area (Å²) in [4.78, 5) is 1.91. The van der Waals surface area contributed by atoms with Crippen LogP contribution in [0.2, 0.25) is 0 Å². The Bertz CT molecular complexity index is 377. The van der Waals surface area contributed by atoms with Gasteiger partial charge in [-0.25, -0.2) is 0 Å². The van der Waals surface area contributed by atoms with E-state index >= 15 is 0 Å². The van der Waals surface area contributed by atoms with Gasteiger partial charge >= 0.3 is 0 Å². The lowest BCUT2D eigenvalue weighted by atomic mass is 10.1. The smallest absolute Gasteiger partial charge is 0.138 e. The normalized spacial score (nSPS) is 11.9. The number of unbranched alkanes of at least 4 members (excludes halogenated alkanes) is 5. The van der Waals surface area contributed by atoms with Crippen molar-refractivity contribution in [2.75, 3.05) is 6.61 Å². The van der Waals surface area contributed by atoms with Crippen molar-refractivity contribution in [3.05, 3.63) is 23.2 Å². The van der Waals surface area contributed by atoms with Crippen LogP contribution in [0.25, 0.3) is 0 Å². The van der Waals surface area contributed by atoms with Crippen LogP contribution in [0.15, 0.2) is 23.2 Å². The minimum atomic E-state index is -0.988. The van der Waals surface area contributed by atoms with Gasteiger partial charge in [-0.1, -0.05) is 52.8 Å².